The van der Waals surface area contributed by atoms with Crippen LogP contribution in [-0.2, 0) is 17.7 Å². The minimum Gasteiger partial charge on any atom is -0.377 e. The second-order valence-electron chi connectivity index (χ2n) is 4.65. The van der Waals surface area contributed by atoms with Crippen molar-refractivity contribution in [3.05, 3.63) is 17.0 Å². The SMILES string of the molecule is CNCCc1c(C)nn(CCOC(C)C)c1C. The second-order valence-corrected chi connectivity index (χ2v) is 4.65. The largest absolute Gasteiger partial charge is 0.377 e. The number of hydrogen-bond donors (Lipinski definition) is 1. The third-order valence-corrected chi connectivity index (χ3v) is 2.91. The van der Waals surface area contributed by atoms with Gasteiger partial charge in [-0.05, 0) is 53.3 Å². The highest BCUT2D eigenvalue weighted by atomic mass is 16.5. The van der Waals surface area contributed by atoms with Gasteiger partial charge in [-0.15, -0.1) is 0 Å². The maximum Gasteiger partial charge on any atom is 0.0666 e. The van der Waals surface area contributed by atoms with Crippen molar-refractivity contribution in [2.45, 2.75) is 46.8 Å². The van der Waals surface area contributed by atoms with Crippen molar-refractivity contribution < 1.29 is 4.74 Å². The van der Waals surface area contributed by atoms with E-state index in [4.69, 9.17) is 4.74 Å². The Hall–Kier alpha value is -0.870. The maximum atomic E-state index is 5.56. The fourth-order valence-electron chi connectivity index (χ4n) is 1.94. The standard InChI is InChI=1S/C13H25N3O/c1-10(2)17-9-8-16-12(4)13(6-7-14-5)11(3)15-16/h10,14H,6-9H2,1-5H3. The number of nitrogens with zero attached hydrogens (tertiary/aromatic N) is 2. The quantitative estimate of drug-likeness (QED) is 0.787. The molecule has 0 amide bonds. The molecule has 0 aliphatic rings. The van der Waals surface area contributed by atoms with Gasteiger partial charge in [0.1, 0.15) is 0 Å². The number of likely N-dealkylation sites (N-methyl/N-ethyl adjacent to an activating group) is 1. The minimum atomic E-state index is 0.288. The summed E-state index contributed by atoms with van der Waals surface area (Å²) >= 11 is 0. The molecule has 4 heteroatoms. The Morgan fingerprint density at radius 2 is 2.06 bits per heavy atom. The molecule has 1 heterocycles. The maximum absolute atomic E-state index is 5.56. The van der Waals surface area contributed by atoms with Crippen LogP contribution in [0.25, 0.3) is 0 Å². The molecule has 0 atom stereocenters. The first-order valence-corrected chi connectivity index (χ1v) is 6.35. The first-order chi connectivity index (χ1) is 8.06. The molecule has 0 aliphatic heterocycles. The van der Waals surface area contributed by atoms with Crippen LogP contribution in [0.1, 0.15) is 30.8 Å². The van der Waals surface area contributed by atoms with Crippen LogP contribution in [0.2, 0.25) is 0 Å². The first kappa shape index (κ1) is 14.2. The predicted molar refractivity (Wildman–Crippen MR) is 70.4 cm³/mol. The van der Waals surface area contributed by atoms with Crippen molar-refractivity contribution in [2.75, 3.05) is 20.2 Å². The molecular formula is C13H25N3O. The Labute approximate surface area is 104 Å². The van der Waals surface area contributed by atoms with Crippen LogP contribution in [0.3, 0.4) is 0 Å². The minimum absolute atomic E-state index is 0.288. The molecule has 0 bridgehead atoms. The molecule has 0 aliphatic carbocycles. The molecule has 1 aromatic heterocycles. The van der Waals surface area contributed by atoms with E-state index in [-0.39, 0.29) is 6.10 Å². The summed E-state index contributed by atoms with van der Waals surface area (Å²) < 4.78 is 7.62. The third kappa shape index (κ3) is 4.13. The monoisotopic (exact) mass is 239 g/mol. The summed E-state index contributed by atoms with van der Waals surface area (Å²) in [7, 11) is 1.98. The van der Waals surface area contributed by atoms with E-state index in [2.05, 4.69) is 42.8 Å². The van der Waals surface area contributed by atoms with Crippen LogP contribution < -0.4 is 5.32 Å². The highest BCUT2D eigenvalue weighted by molar-refractivity contribution is 5.24. The van der Waals surface area contributed by atoms with Gasteiger partial charge >= 0.3 is 0 Å². The summed E-state index contributed by atoms with van der Waals surface area (Å²) in [5.74, 6) is 0. The second kappa shape index (κ2) is 6.77. The van der Waals surface area contributed by atoms with Gasteiger partial charge in [-0.2, -0.15) is 5.10 Å². The lowest BCUT2D eigenvalue weighted by molar-refractivity contribution is 0.0706. The molecule has 98 valence electrons. The first-order valence-electron chi connectivity index (χ1n) is 6.35. The molecule has 0 unspecified atom stereocenters. The van der Waals surface area contributed by atoms with E-state index in [1.54, 1.807) is 0 Å². The van der Waals surface area contributed by atoms with Gasteiger partial charge in [0, 0.05) is 5.69 Å². The molecule has 1 rings (SSSR count). The number of ether oxygens (including phenoxy) is 1. The molecule has 17 heavy (non-hydrogen) atoms. The summed E-state index contributed by atoms with van der Waals surface area (Å²) in [6.07, 6.45) is 1.33. The average molecular weight is 239 g/mol. The molecule has 1 N–H and O–H groups in total. The zero-order valence-corrected chi connectivity index (χ0v) is 11.7. The molecule has 0 radical (unpaired) electrons. The van der Waals surface area contributed by atoms with Crippen molar-refractivity contribution >= 4 is 0 Å². The smallest absolute Gasteiger partial charge is 0.0666 e. The summed E-state index contributed by atoms with van der Waals surface area (Å²) in [6, 6.07) is 0. The Morgan fingerprint density at radius 1 is 1.35 bits per heavy atom. The van der Waals surface area contributed by atoms with E-state index in [0.717, 1.165) is 31.8 Å². The zero-order valence-electron chi connectivity index (χ0n) is 11.7. The summed E-state index contributed by atoms with van der Waals surface area (Å²) in [5, 5.41) is 7.75. The van der Waals surface area contributed by atoms with Crippen LogP contribution in [0, 0.1) is 13.8 Å². The van der Waals surface area contributed by atoms with Gasteiger partial charge in [-0.25, -0.2) is 0 Å². The molecule has 0 fully saturated rings. The van der Waals surface area contributed by atoms with E-state index in [1.165, 1.54) is 11.3 Å². The summed E-state index contributed by atoms with van der Waals surface area (Å²) in [4.78, 5) is 0. The predicted octanol–water partition coefficient (Wildman–Crippen LogP) is 1.69. The topological polar surface area (TPSA) is 39.1 Å². The van der Waals surface area contributed by atoms with Gasteiger partial charge in [0.2, 0.25) is 0 Å². The van der Waals surface area contributed by atoms with Crippen LogP contribution in [-0.4, -0.2) is 36.1 Å². The molecule has 0 spiro atoms. The number of rotatable bonds is 7. The number of aryl methyl sites for hydroxylation is 1. The molecule has 0 aromatic carbocycles. The number of aromatic nitrogens is 2. The van der Waals surface area contributed by atoms with E-state index in [0.29, 0.717) is 0 Å². The lowest BCUT2D eigenvalue weighted by Crippen LogP contribution is -2.13. The van der Waals surface area contributed by atoms with Gasteiger partial charge in [0.25, 0.3) is 0 Å². The van der Waals surface area contributed by atoms with E-state index in [1.807, 2.05) is 7.05 Å². The Bertz CT molecular complexity index is 345. The third-order valence-electron chi connectivity index (χ3n) is 2.91. The van der Waals surface area contributed by atoms with Gasteiger partial charge in [-0.3, -0.25) is 4.68 Å². The number of nitrogens with one attached hydrogen (secondary N) is 1. The normalized spacial score (nSPS) is 11.4. The van der Waals surface area contributed by atoms with Crippen LogP contribution >= 0.6 is 0 Å². The van der Waals surface area contributed by atoms with Crippen molar-refractivity contribution in [2.24, 2.45) is 0 Å². The van der Waals surface area contributed by atoms with Crippen molar-refractivity contribution in [3.63, 3.8) is 0 Å². The highest BCUT2D eigenvalue weighted by Gasteiger charge is 2.10. The van der Waals surface area contributed by atoms with Gasteiger partial charge < -0.3 is 10.1 Å². The molecular weight excluding hydrogens is 214 g/mol. The van der Waals surface area contributed by atoms with Crippen LogP contribution in [0.5, 0.6) is 0 Å². The Balaban J connectivity index is 2.61. The van der Waals surface area contributed by atoms with E-state index >= 15 is 0 Å². The Morgan fingerprint density at radius 3 is 2.65 bits per heavy atom. The molecule has 0 saturated heterocycles. The van der Waals surface area contributed by atoms with Crippen LogP contribution in [0.15, 0.2) is 0 Å². The fourth-order valence-corrected chi connectivity index (χ4v) is 1.94. The van der Waals surface area contributed by atoms with Crippen LogP contribution in [0.4, 0.5) is 0 Å². The molecule has 0 saturated carbocycles. The lowest BCUT2D eigenvalue weighted by Gasteiger charge is -2.09. The van der Waals surface area contributed by atoms with Crippen molar-refractivity contribution in [1.82, 2.24) is 15.1 Å². The fraction of sp³-hybridized carbons (Fsp3) is 0.769. The highest BCUT2D eigenvalue weighted by Crippen LogP contribution is 2.13. The van der Waals surface area contributed by atoms with Gasteiger partial charge in [-0.1, -0.05) is 0 Å². The van der Waals surface area contributed by atoms with E-state index < -0.39 is 0 Å². The van der Waals surface area contributed by atoms with Gasteiger partial charge in [0.15, 0.2) is 0 Å². The summed E-state index contributed by atoms with van der Waals surface area (Å²) in [6.45, 7) is 10.9. The average Bonchev–Trinajstić information content (AvgIpc) is 2.52. The zero-order chi connectivity index (χ0) is 12.8. The number of hydrogen-bond acceptors (Lipinski definition) is 3. The Kier molecular flexibility index (Phi) is 5.65. The molecule has 4 nitrogen and oxygen atoms in total. The summed E-state index contributed by atoms with van der Waals surface area (Å²) in [5.41, 5.74) is 3.77. The van der Waals surface area contributed by atoms with Gasteiger partial charge in [0.05, 0.1) is 24.9 Å². The van der Waals surface area contributed by atoms with E-state index in [9.17, 15) is 0 Å². The lowest BCUT2D eigenvalue weighted by atomic mass is 10.1. The molecule has 1 aromatic rings. The van der Waals surface area contributed by atoms with Crippen molar-refractivity contribution in [1.29, 1.82) is 0 Å². The van der Waals surface area contributed by atoms with Crippen molar-refractivity contribution in [3.8, 4) is 0 Å².